The van der Waals surface area contributed by atoms with Gasteiger partial charge in [-0.2, -0.15) is 18.2 Å². The zero-order valence-corrected chi connectivity index (χ0v) is 9.24. The first kappa shape index (κ1) is 12.2. The zero-order valence-electron chi connectivity index (χ0n) is 6.90. The van der Waals surface area contributed by atoms with Gasteiger partial charge in [-0.1, -0.05) is 11.6 Å². The van der Waals surface area contributed by atoms with Gasteiger partial charge in [-0.25, -0.2) is 4.79 Å². The average Bonchev–Trinajstić information content (AvgIpc) is 2.07. The van der Waals surface area contributed by atoms with E-state index in [0.717, 1.165) is 6.08 Å². The Morgan fingerprint density at radius 3 is 2.47 bits per heavy atom. The van der Waals surface area contributed by atoms with Gasteiger partial charge >= 0.3 is 6.18 Å². The Morgan fingerprint density at radius 2 is 2.00 bits per heavy atom. The molecule has 0 heterocycles. The van der Waals surface area contributed by atoms with E-state index < -0.39 is 17.4 Å². The van der Waals surface area contributed by atoms with Crippen LogP contribution in [0.15, 0.2) is 21.6 Å². The van der Waals surface area contributed by atoms with E-state index in [2.05, 4.69) is 20.9 Å². The van der Waals surface area contributed by atoms with E-state index in [1.54, 1.807) is 0 Å². The predicted molar refractivity (Wildman–Crippen MR) is 51.9 cm³/mol. The van der Waals surface area contributed by atoms with Crippen LogP contribution in [0.2, 0.25) is 5.02 Å². The minimum Gasteiger partial charge on any atom is -0.211 e. The molecule has 1 aromatic carbocycles. The standard InChI is InChI=1S/C8H2BrClF3NO/c9-6-2-4(10)1-5(8(11,12)13)7(6)14-3-15/h1-2H. The van der Waals surface area contributed by atoms with Crippen LogP contribution in [-0.4, -0.2) is 6.08 Å². The maximum atomic E-state index is 12.5. The van der Waals surface area contributed by atoms with Gasteiger partial charge in [0.25, 0.3) is 0 Å². The van der Waals surface area contributed by atoms with Gasteiger partial charge in [0.05, 0.1) is 5.56 Å². The van der Waals surface area contributed by atoms with Gasteiger partial charge in [0.2, 0.25) is 6.08 Å². The van der Waals surface area contributed by atoms with Gasteiger partial charge in [0.1, 0.15) is 5.69 Å². The molecule has 0 amide bonds. The number of halogens is 5. The lowest BCUT2D eigenvalue weighted by Gasteiger charge is -2.10. The van der Waals surface area contributed by atoms with Crippen molar-refractivity contribution in [2.24, 2.45) is 4.99 Å². The van der Waals surface area contributed by atoms with Gasteiger partial charge < -0.3 is 0 Å². The first-order chi connectivity index (χ1) is 6.86. The summed E-state index contributed by atoms with van der Waals surface area (Å²) in [5.41, 5.74) is -1.60. The Bertz CT molecular complexity index is 440. The Morgan fingerprint density at radius 1 is 1.40 bits per heavy atom. The molecule has 0 radical (unpaired) electrons. The van der Waals surface area contributed by atoms with Crippen molar-refractivity contribution in [2.45, 2.75) is 6.18 Å². The van der Waals surface area contributed by atoms with E-state index in [9.17, 15) is 18.0 Å². The molecule has 0 unspecified atom stereocenters. The SMILES string of the molecule is O=C=Nc1c(Br)cc(Cl)cc1C(F)(F)F. The number of nitrogens with zero attached hydrogens (tertiary/aromatic N) is 1. The lowest BCUT2D eigenvalue weighted by Crippen LogP contribution is -2.05. The molecule has 0 aliphatic heterocycles. The molecule has 0 N–H and O–H groups in total. The van der Waals surface area contributed by atoms with Gasteiger partial charge in [-0.15, -0.1) is 0 Å². The van der Waals surface area contributed by atoms with E-state index in [0.29, 0.717) is 6.07 Å². The normalized spacial score (nSPS) is 11.0. The number of carbonyl (C=O) groups excluding carboxylic acids is 1. The minimum absolute atomic E-state index is 0.00863. The van der Waals surface area contributed by atoms with Gasteiger partial charge in [0.15, 0.2) is 0 Å². The summed E-state index contributed by atoms with van der Waals surface area (Å²) in [5, 5.41) is -0.0981. The molecule has 0 atom stereocenters. The second-order valence-electron chi connectivity index (χ2n) is 2.48. The summed E-state index contributed by atoms with van der Waals surface area (Å²) in [7, 11) is 0. The molecule has 1 aromatic rings. The molecule has 7 heteroatoms. The summed E-state index contributed by atoms with van der Waals surface area (Å²) >= 11 is 8.29. The van der Waals surface area contributed by atoms with E-state index in [-0.39, 0.29) is 9.50 Å². The summed E-state index contributed by atoms with van der Waals surface area (Å²) in [6, 6.07) is 1.91. The van der Waals surface area contributed by atoms with Crippen molar-refractivity contribution < 1.29 is 18.0 Å². The molecular weight excluding hydrogens is 298 g/mol. The van der Waals surface area contributed by atoms with Crippen molar-refractivity contribution in [1.29, 1.82) is 0 Å². The van der Waals surface area contributed by atoms with Crippen LogP contribution in [0.3, 0.4) is 0 Å². The fourth-order valence-corrected chi connectivity index (χ4v) is 1.84. The number of alkyl halides is 3. The Balaban J connectivity index is 3.54. The molecule has 2 nitrogen and oxygen atoms in total. The molecule has 0 saturated carbocycles. The topological polar surface area (TPSA) is 29.4 Å². The third-order valence-corrected chi connectivity index (χ3v) is 2.31. The number of aliphatic imine (C=N–C) groups is 1. The maximum Gasteiger partial charge on any atom is 0.418 e. The molecule has 0 aliphatic rings. The van der Waals surface area contributed by atoms with E-state index in [4.69, 9.17) is 11.6 Å². The molecular formula is C8H2BrClF3NO. The van der Waals surface area contributed by atoms with E-state index >= 15 is 0 Å². The zero-order chi connectivity index (χ0) is 11.6. The third kappa shape index (κ3) is 2.81. The highest BCUT2D eigenvalue weighted by atomic mass is 79.9. The highest BCUT2D eigenvalue weighted by Gasteiger charge is 2.35. The monoisotopic (exact) mass is 299 g/mol. The molecule has 0 aliphatic carbocycles. The van der Waals surface area contributed by atoms with Crippen LogP contribution in [0.5, 0.6) is 0 Å². The second-order valence-corrected chi connectivity index (χ2v) is 3.78. The van der Waals surface area contributed by atoms with Crippen molar-refractivity contribution in [3.05, 3.63) is 27.2 Å². The summed E-state index contributed by atoms with van der Waals surface area (Å²) in [4.78, 5) is 13.0. The largest absolute Gasteiger partial charge is 0.418 e. The number of hydrogen-bond donors (Lipinski definition) is 0. The van der Waals surface area contributed by atoms with Crippen LogP contribution in [-0.2, 0) is 11.0 Å². The van der Waals surface area contributed by atoms with Crippen LogP contribution in [0.4, 0.5) is 18.9 Å². The molecule has 0 saturated heterocycles. The smallest absolute Gasteiger partial charge is 0.211 e. The fraction of sp³-hybridized carbons (Fsp3) is 0.125. The number of rotatable bonds is 1. The molecule has 0 fully saturated rings. The predicted octanol–water partition coefficient (Wildman–Crippen LogP) is 4.09. The molecule has 0 aromatic heterocycles. The van der Waals surface area contributed by atoms with Crippen LogP contribution >= 0.6 is 27.5 Å². The summed E-state index contributed by atoms with van der Waals surface area (Å²) in [6.07, 6.45) is -3.56. The summed E-state index contributed by atoms with van der Waals surface area (Å²) < 4.78 is 37.4. The minimum atomic E-state index is -4.62. The molecule has 15 heavy (non-hydrogen) atoms. The first-order valence-electron chi connectivity index (χ1n) is 3.50. The lowest BCUT2D eigenvalue weighted by atomic mass is 10.2. The van der Waals surface area contributed by atoms with Crippen LogP contribution in [0.1, 0.15) is 5.56 Å². The molecule has 80 valence electrons. The summed E-state index contributed by atoms with van der Waals surface area (Å²) in [5.74, 6) is 0. The second kappa shape index (κ2) is 4.35. The Kier molecular flexibility index (Phi) is 3.54. The first-order valence-corrected chi connectivity index (χ1v) is 4.67. The van der Waals surface area contributed by atoms with E-state index in [1.807, 2.05) is 0 Å². The Hall–Kier alpha value is -0.840. The van der Waals surface area contributed by atoms with Crippen molar-refractivity contribution in [3.63, 3.8) is 0 Å². The van der Waals surface area contributed by atoms with Crippen molar-refractivity contribution >= 4 is 39.3 Å². The van der Waals surface area contributed by atoms with Crippen molar-refractivity contribution in [2.75, 3.05) is 0 Å². The van der Waals surface area contributed by atoms with Gasteiger partial charge in [0, 0.05) is 9.50 Å². The quantitative estimate of drug-likeness (QED) is 0.567. The average molecular weight is 300 g/mol. The van der Waals surface area contributed by atoms with Crippen LogP contribution < -0.4 is 0 Å². The number of isocyanates is 1. The fourth-order valence-electron chi connectivity index (χ4n) is 0.941. The Labute approximate surface area is 95.9 Å². The highest BCUT2D eigenvalue weighted by molar-refractivity contribution is 9.10. The van der Waals surface area contributed by atoms with Gasteiger partial charge in [-0.05, 0) is 28.1 Å². The van der Waals surface area contributed by atoms with Crippen LogP contribution in [0, 0.1) is 0 Å². The van der Waals surface area contributed by atoms with Crippen molar-refractivity contribution in [1.82, 2.24) is 0 Å². The van der Waals surface area contributed by atoms with Crippen molar-refractivity contribution in [3.8, 4) is 0 Å². The molecule has 1 rings (SSSR count). The molecule has 0 bridgehead atoms. The molecule has 0 spiro atoms. The number of benzene rings is 1. The number of hydrogen-bond acceptors (Lipinski definition) is 2. The lowest BCUT2D eigenvalue weighted by molar-refractivity contribution is -0.137. The van der Waals surface area contributed by atoms with Gasteiger partial charge in [-0.3, -0.25) is 0 Å². The summed E-state index contributed by atoms with van der Waals surface area (Å²) in [6.45, 7) is 0. The van der Waals surface area contributed by atoms with E-state index in [1.165, 1.54) is 6.07 Å². The third-order valence-electron chi connectivity index (χ3n) is 1.49. The maximum absolute atomic E-state index is 12.5. The highest BCUT2D eigenvalue weighted by Crippen LogP contribution is 2.41. The van der Waals surface area contributed by atoms with Crippen LogP contribution in [0.25, 0.3) is 0 Å².